The van der Waals surface area contributed by atoms with Gasteiger partial charge in [-0.05, 0) is 12.5 Å². The first-order valence-corrected chi connectivity index (χ1v) is 6.63. The van der Waals surface area contributed by atoms with E-state index in [1.165, 1.54) is 6.07 Å². The molecule has 0 aromatic carbocycles. The second-order valence-electron chi connectivity index (χ2n) is 3.81. The standard InChI is InChI=1S/C11H14Cl3N3O/c1-2-3-4-17(6-9(15)18)11-8(13)5-7(12)10(14)16-11/h5H,2-4,6H2,1H3,(H2,15,18). The van der Waals surface area contributed by atoms with Gasteiger partial charge in [0.25, 0.3) is 0 Å². The van der Waals surface area contributed by atoms with Gasteiger partial charge in [0.1, 0.15) is 11.0 Å². The van der Waals surface area contributed by atoms with E-state index in [2.05, 4.69) is 4.98 Å². The monoisotopic (exact) mass is 309 g/mol. The molecule has 0 aliphatic rings. The average Bonchev–Trinajstić information content (AvgIpc) is 2.29. The van der Waals surface area contributed by atoms with Gasteiger partial charge in [-0.1, -0.05) is 48.1 Å². The molecule has 0 aliphatic carbocycles. The fourth-order valence-electron chi connectivity index (χ4n) is 1.45. The second kappa shape index (κ2) is 7.02. The van der Waals surface area contributed by atoms with Crippen molar-refractivity contribution in [1.82, 2.24) is 4.98 Å². The SMILES string of the molecule is CCCCN(CC(N)=O)c1nc(Cl)c(Cl)cc1Cl. The predicted molar refractivity (Wildman–Crippen MR) is 75.6 cm³/mol. The van der Waals surface area contributed by atoms with E-state index in [1.54, 1.807) is 4.90 Å². The first-order chi connectivity index (χ1) is 8.45. The van der Waals surface area contributed by atoms with Gasteiger partial charge >= 0.3 is 0 Å². The molecular formula is C11H14Cl3N3O. The number of rotatable bonds is 6. The number of carbonyl (C=O) groups excluding carboxylic acids is 1. The minimum atomic E-state index is -0.449. The van der Waals surface area contributed by atoms with Crippen LogP contribution in [0.5, 0.6) is 0 Å². The quantitative estimate of drug-likeness (QED) is 0.821. The highest BCUT2D eigenvalue weighted by Crippen LogP contribution is 2.31. The van der Waals surface area contributed by atoms with E-state index < -0.39 is 5.91 Å². The minimum Gasteiger partial charge on any atom is -0.368 e. The molecule has 7 heteroatoms. The summed E-state index contributed by atoms with van der Waals surface area (Å²) in [6.07, 6.45) is 1.87. The summed E-state index contributed by atoms with van der Waals surface area (Å²) >= 11 is 17.7. The summed E-state index contributed by atoms with van der Waals surface area (Å²) in [5.41, 5.74) is 5.21. The molecule has 0 bridgehead atoms. The number of pyridine rings is 1. The van der Waals surface area contributed by atoms with Gasteiger partial charge in [0, 0.05) is 6.54 Å². The Bertz CT molecular complexity index is 440. The molecule has 2 N–H and O–H groups in total. The molecule has 0 radical (unpaired) electrons. The zero-order valence-electron chi connectivity index (χ0n) is 9.92. The third kappa shape index (κ3) is 4.19. The molecule has 0 aliphatic heterocycles. The lowest BCUT2D eigenvalue weighted by atomic mass is 10.3. The van der Waals surface area contributed by atoms with Crippen molar-refractivity contribution in [3.8, 4) is 0 Å². The van der Waals surface area contributed by atoms with Crippen molar-refractivity contribution in [3.05, 3.63) is 21.3 Å². The third-order valence-electron chi connectivity index (χ3n) is 2.30. The van der Waals surface area contributed by atoms with E-state index in [0.717, 1.165) is 12.8 Å². The number of nitrogens with two attached hydrogens (primary N) is 1. The van der Waals surface area contributed by atoms with Crippen LogP contribution in [0.15, 0.2) is 6.07 Å². The molecule has 0 atom stereocenters. The highest BCUT2D eigenvalue weighted by molar-refractivity contribution is 6.42. The van der Waals surface area contributed by atoms with Crippen LogP contribution < -0.4 is 10.6 Å². The van der Waals surface area contributed by atoms with Crippen LogP contribution in [-0.2, 0) is 4.79 Å². The van der Waals surface area contributed by atoms with Crippen LogP contribution in [0.2, 0.25) is 15.2 Å². The normalized spacial score (nSPS) is 10.4. The molecule has 1 heterocycles. The summed E-state index contributed by atoms with van der Waals surface area (Å²) in [5.74, 6) is -0.0200. The first kappa shape index (κ1) is 15.3. The Morgan fingerprint density at radius 1 is 1.39 bits per heavy atom. The molecule has 1 aromatic heterocycles. The van der Waals surface area contributed by atoms with Crippen molar-refractivity contribution in [2.45, 2.75) is 19.8 Å². The summed E-state index contributed by atoms with van der Waals surface area (Å²) in [6, 6.07) is 1.51. The summed E-state index contributed by atoms with van der Waals surface area (Å²) in [4.78, 5) is 16.9. The summed E-state index contributed by atoms with van der Waals surface area (Å²) in [5, 5.41) is 0.781. The van der Waals surface area contributed by atoms with E-state index in [1.807, 2.05) is 6.92 Å². The highest BCUT2D eigenvalue weighted by atomic mass is 35.5. The van der Waals surface area contributed by atoms with Crippen LogP contribution >= 0.6 is 34.8 Å². The maximum Gasteiger partial charge on any atom is 0.236 e. The van der Waals surface area contributed by atoms with Crippen molar-refractivity contribution in [3.63, 3.8) is 0 Å². The first-order valence-electron chi connectivity index (χ1n) is 5.50. The Morgan fingerprint density at radius 2 is 2.06 bits per heavy atom. The zero-order chi connectivity index (χ0) is 13.7. The Kier molecular flexibility index (Phi) is 5.99. The lowest BCUT2D eigenvalue weighted by molar-refractivity contribution is -0.116. The Labute approximate surface area is 121 Å². The zero-order valence-corrected chi connectivity index (χ0v) is 12.2. The number of nitrogens with zero attached hydrogens (tertiary/aromatic N) is 2. The van der Waals surface area contributed by atoms with E-state index in [4.69, 9.17) is 40.5 Å². The number of aromatic nitrogens is 1. The molecule has 18 heavy (non-hydrogen) atoms. The molecule has 0 saturated heterocycles. The maximum atomic E-state index is 11.1. The molecule has 0 spiro atoms. The lowest BCUT2D eigenvalue weighted by Gasteiger charge is -2.23. The number of hydrogen-bond donors (Lipinski definition) is 1. The summed E-state index contributed by atoms with van der Waals surface area (Å²) in [6.45, 7) is 2.72. The number of primary amides is 1. The van der Waals surface area contributed by atoms with E-state index in [0.29, 0.717) is 17.4 Å². The Morgan fingerprint density at radius 3 is 2.61 bits per heavy atom. The van der Waals surface area contributed by atoms with Gasteiger partial charge in [0.05, 0.1) is 16.6 Å². The van der Waals surface area contributed by atoms with Crippen LogP contribution in [0.1, 0.15) is 19.8 Å². The highest BCUT2D eigenvalue weighted by Gasteiger charge is 2.16. The Hall–Kier alpha value is -0.710. The Balaban J connectivity index is 3.03. The molecule has 1 aromatic rings. The third-order valence-corrected chi connectivity index (χ3v) is 3.25. The largest absolute Gasteiger partial charge is 0.368 e. The number of halogens is 3. The van der Waals surface area contributed by atoms with Gasteiger partial charge < -0.3 is 10.6 Å². The number of anilines is 1. The van der Waals surface area contributed by atoms with Crippen LogP contribution in [0, 0.1) is 0 Å². The van der Waals surface area contributed by atoms with Gasteiger partial charge in [-0.3, -0.25) is 4.79 Å². The van der Waals surface area contributed by atoms with E-state index in [9.17, 15) is 4.79 Å². The van der Waals surface area contributed by atoms with E-state index in [-0.39, 0.29) is 16.7 Å². The van der Waals surface area contributed by atoms with Crippen molar-refractivity contribution in [2.24, 2.45) is 5.73 Å². The molecule has 0 unspecified atom stereocenters. The fraction of sp³-hybridized carbons (Fsp3) is 0.455. The number of unbranched alkanes of at least 4 members (excludes halogenated alkanes) is 1. The van der Waals surface area contributed by atoms with Crippen LogP contribution in [-0.4, -0.2) is 24.0 Å². The van der Waals surface area contributed by atoms with Crippen molar-refractivity contribution in [1.29, 1.82) is 0 Å². The van der Waals surface area contributed by atoms with Crippen LogP contribution in [0.25, 0.3) is 0 Å². The topological polar surface area (TPSA) is 59.2 Å². The van der Waals surface area contributed by atoms with Gasteiger partial charge in [-0.25, -0.2) is 4.98 Å². The van der Waals surface area contributed by atoms with Gasteiger partial charge in [0.15, 0.2) is 0 Å². The summed E-state index contributed by atoms with van der Waals surface area (Å²) < 4.78 is 0. The number of amides is 1. The molecule has 0 fully saturated rings. The van der Waals surface area contributed by atoms with Crippen LogP contribution in [0.4, 0.5) is 5.82 Å². The van der Waals surface area contributed by atoms with Crippen molar-refractivity contribution < 1.29 is 4.79 Å². The van der Waals surface area contributed by atoms with Crippen molar-refractivity contribution >= 4 is 46.5 Å². The molecule has 0 saturated carbocycles. The van der Waals surface area contributed by atoms with Gasteiger partial charge in [-0.15, -0.1) is 0 Å². The summed E-state index contributed by atoms with van der Waals surface area (Å²) in [7, 11) is 0. The molecular weight excluding hydrogens is 296 g/mol. The minimum absolute atomic E-state index is 0.0463. The molecule has 1 amide bonds. The predicted octanol–water partition coefficient (Wildman–Crippen LogP) is 3.13. The molecule has 100 valence electrons. The number of carbonyl (C=O) groups is 1. The lowest BCUT2D eigenvalue weighted by Crippen LogP contribution is -2.35. The van der Waals surface area contributed by atoms with Gasteiger partial charge in [-0.2, -0.15) is 0 Å². The second-order valence-corrected chi connectivity index (χ2v) is 4.98. The molecule has 1 rings (SSSR count). The molecule has 4 nitrogen and oxygen atoms in total. The van der Waals surface area contributed by atoms with Crippen molar-refractivity contribution in [2.75, 3.05) is 18.0 Å². The maximum absolute atomic E-state index is 11.1. The van der Waals surface area contributed by atoms with E-state index >= 15 is 0 Å². The van der Waals surface area contributed by atoms with Gasteiger partial charge in [0.2, 0.25) is 5.91 Å². The van der Waals surface area contributed by atoms with Crippen LogP contribution in [0.3, 0.4) is 0 Å². The smallest absolute Gasteiger partial charge is 0.236 e. The fourth-order valence-corrected chi connectivity index (χ4v) is 2.07. The average molecular weight is 311 g/mol. The number of hydrogen-bond acceptors (Lipinski definition) is 3.